The van der Waals surface area contributed by atoms with Crippen molar-refractivity contribution in [1.82, 2.24) is 4.57 Å². The highest BCUT2D eigenvalue weighted by atomic mass is 79.9. The van der Waals surface area contributed by atoms with Gasteiger partial charge in [-0.1, -0.05) is 46.7 Å². The van der Waals surface area contributed by atoms with E-state index in [0.717, 1.165) is 11.3 Å². The predicted octanol–water partition coefficient (Wildman–Crippen LogP) is 6.37. The van der Waals surface area contributed by atoms with Gasteiger partial charge in [0.05, 0.1) is 45.9 Å². The number of hydrogen-bond acceptors (Lipinski definition) is 10. The van der Waals surface area contributed by atoms with E-state index >= 15 is 0 Å². The number of carbonyl (C=O) groups is 1. The largest absolute Gasteiger partial charge is 0.490 e. The summed E-state index contributed by atoms with van der Waals surface area (Å²) in [6.07, 6.45) is 2.90. The first-order valence-corrected chi connectivity index (χ1v) is 16.5. The lowest BCUT2D eigenvalue weighted by Gasteiger charge is -2.23. The molecule has 47 heavy (non-hydrogen) atoms. The number of halogens is 3. The number of ether oxygens (including phenoxy) is 4. The van der Waals surface area contributed by atoms with Gasteiger partial charge in [0, 0.05) is 27.9 Å². The van der Waals surface area contributed by atoms with Crippen molar-refractivity contribution < 1.29 is 28.7 Å². The lowest BCUT2D eigenvalue weighted by atomic mass is 9.97. The molecule has 1 aliphatic heterocycles. The molecule has 3 aromatic carbocycles. The van der Waals surface area contributed by atoms with Gasteiger partial charge in [-0.3, -0.25) is 19.5 Å². The summed E-state index contributed by atoms with van der Waals surface area (Å²) >= 11 is 16.7. The van der Waals surface area contributed by atoms with Gasteiger partial charge in [0.1, 0.15) is 6.61 Å². The van der Waals surface area contributed by atoms with Crippen molar-refractivity contribution in [2.75, 3.05) is 20.3 Å². The van der Waals surface area contributed by atoms with Gasteiger partial charge in [-0.2, -0.15) is 0 Å². The molecular formula is C32H26BrCl2N3O8S. The Labute approximate surface area is 290 Å². The number of rotatable bonds is 11. The lowest BCUT2D eigenvalue weighted by Crippen LogP contribution is -2.39. The minimum absolute atomic E-state index is 0.0112. The number of benzene rings is 3. The van der Waals surface area contributed by atoms with Crippen LogP contribution in [0, 0.1) is 10.1 Å². The first kappa shape index (κ1) is 34.2. The third-order valence-corrected chi connectivity index (χ3v) is 9.11. The van der Waals surface area contributed by atoms with Crippen LogP contribution in [0.2, 0.25) is 10.0 Å². The van der Waals surface area contributed by atoms with Crippen LogP contribution < -0.4 is 29.1 Å². The Hall–Kier alpha value is -4.17. The van der Waals surface area contributed by atoms with Crippen LogP contribution in [0.4, 0.5) is 5.69 Å². The zero-order valence-electron chi connectivity index (χ0n) is 25.1. The van der Waals surface area contributed by atoms with Gasteiger partial charge in [-0.05, 0) is 77.3 Å². The second-order valence-electron chi connectivity index (χ2n) is 9.88. The van der Waals surface area contributed by atoms with E-state index in [4.69, 9.17) is 42.1 Å². The number of nitro benzene ring substituents is 1. The Morgan fingerprint density at radius 2 is 1.83 bits per heavy atom. The summed E-state index contributed by atoms with van der Waals surface area (Å²) in [6, 6.07) is 12.0. The maximum Gasteiger partial charge on any atom is 0.337 e. The fourth-order valence-electron chi connectivity index (χ4n) is 4.89. The third-order valence-electron chi connectivity index (χ3n) is 6.94. The van der Waals surface area contributed by atoms with Crippen LogP contribution in [0.25, 0.3) is 6.08 Å². The van der Waals surface area contributed by atoms with Crippen LogP contribution in [0.3, 0.4) is 0 Å². The SMILES string of the molecule is CCOc1ccc([C@@H]2C(C(=O)OC)=CN=c3s/c(=C/c4cc(Br)c(OCc5ccc(Cl)cc5Cl)c([N+](=O)[O-])c4)c(=O)n32)cc1OCC. The van der Waals surface area contributed by atoms with Gasteiger partial charge in [0.15, 0.2) is 16.3 Å². The monoisotopic (exact) mass is 761 g/mol. The second-order valence-corrected chi connectivity index (χ2v) is 12.6. The molecule has 11 nitrogen and oxygen atoms in total. The van der Waals surface area contributed by atoms with Crippen molar-refractivity contribution in [1.29, 1.82) is 0 Å². The van der Waals surface area contributed by atoms with E-state index in [2.05, 4.69) is 20.9 Å². The van der Waals surface area contributed by atoms with Crippen LogP contribution in [-0.2, 0) is 16.1 Å². The molecule has 1 aliphatic rings. The average molecular weight is 763 g/mol. The molecule has 0 saturated carbocycles. The van der Waals surface area contributed by atoms with E-state index in [9.17, 15) is 19.7 Å². The number of nitrogens with zero attached hydrogens (tertiary/aromatic N) is 3. The number of carbonyl (C=O) groups excluding carboxylic acids is 1. The molecule has 0 fully saturated rings. The summed E-state index contributed by atoms with van der Waals surface area (Å²) in [4.78, 5) is 43.1. The molecule has 0 saturated heterocycles. The first-order chi connectivity index (χ1) is 22.6. The Morgan fingerprint density at radius 3 is 2.51 bits per heavy atom. The Kier molecular flexibility index (Phi) is 10.7. The standard InChI is InChI=1S/C32H26BrCl2N3O8S/c1-4-44-25-9-7-18(13-26(25)45-5-2)28-21(31(40)43-3)15-36-32-37(28)30(39)27(47-32)12-17-10-22(33)29(24(11-17)38(41)42)46-16-19-6-8-20(34)14-23(19)35/h6-15,28H,4-5,16H2,1-3H3/b27-12+/t28-/m1/s1. The molecular weight excluding hydrogens is 737 g/mol. The number of methoxy groups -OCH3 is 1. The van der Waals surface area contributed by atoms with Crippen molar-refractivity contribution in [3.8, 4) is 17.2 Å². The van der Waals surface area contributed by atoms with Gasteiger partial charge in [0.2, 0.25) is 5.75 Å². The maximum absolute atomic E-state index is 14.0. The zero-order chi connectivity index (χ0) is 33.8. The Balaban J connectivity index is 1.58. The van der Waals surface area contributed by atoms with Gasteiger partial charge in [-0.25, -0.2) is 9.79 Å². The number of aromatic nitrogens is 1. The van der Waals surface area contributed by atoms with Crippen molar-refractivity contribution in [3.63, 3.8) is 0 Å². The van der Waals surface area contributed by atoms with E-state index in [-0.39, 0.29) is 28.1 Å². The molecule has 4 aromatic rings. The second kappa shape index (κ2) is 14.7. The summed E-state index contributed by atoms with van der Waals surface area (Å²) in [5.74, 6) is 0.302. The zero-order valence-corrected chi connectivity index (χ0v) is 29.0. The molecule has 1 atom stereocenters. The fourth-order valence-corrected chi connectivity index (χ4v) is 6.90. The molecule has 15 heteroatoms. The van der Waals surface area contributed by atoms with E-state index in [1.807, 2.05) is 13.8 Å². The molecule has 0 radical (unpaired) electrons. The minimum Gasteiger partial charge on any atom is -0.490 e. The molecule has 0 aliphatic carbocycles. The normalized spacial score (nSPS) is 14.1. The number of hydrogen-bond donors (Lipinski definition) is 0. The van der Waals surface area contributed by atoms with Gasteiger partial charge in [-0.15, -0.1) is 0 Å². The molecule has 0 unspecified atom stereocenters. The van der Waals surface area contributed by atoms with E-state index in [0.29, 0.717) is 60.7 Å². The molecule has 5 rings (SSSR count). The summed E-state index contributed by atoms with van der Waals surface area (Å²) in [5.41, 5.74) is 0.859. The number of fused-ring (bicyclic) bond motifs is 1. The topological polar surface area (TPSA) is 131 Å². The number of thiazole rings is 1. The molecule has 0 N–H and O–H groups in total. The molecule has 1 aromatic heterocycles. The van der Waals surface area contributed by atoms with Crippen LogP contribution in [-0.4, -0.2) is 35.8 Å². The van der Waals surface area contributed by atoms with Crippen LogP contribution in [0.15, 0.2) is 74.6 Å². The predicted molar refractivity (Wildman–Crippen MR) is 182 cm³/mol. The summed E-state index contributed by atoms with van der Waals surface area (Å²) in [7, 11) is 1.25. The van der Waals surface area contributed by atoms with E-state index in [1.165, 1.54) is 30.0 Å². The van der Waals surface area contributed by atoms with Crippen LogP contribution in [0.1, 0.15) is 36.6 Å². The van der Waals surface area contributed by atoms with Crippen molar-refractivity contribution in [3.05, 3.63) is 121 Å². The summed E-state index contributed by atoms with van der Waals surface area (Å²) in [6.45, 7) is 4.42. The third kappa shape index (κ3) is 7.23. The van der Waals surface area contributed by atoms with Gasteiger partial charge < -0.3 is 18.9 Å². The van der Waals surface area contributed by atoms with Crippen LogP contribution in [0.5, 0.6) is 17.2 Å². The van der Waals surface area contributed by atoms with Gasteiger partial charge >= 0.3 is 11.7 Å². The minimum atomic E-state index is -0.896. The van der Waals surface area contributed by atoms with Gasteiger partial charge in [0.25, 0.3) is 5.56 Å². The number of esters is 1. The molecule has 2 heterocycles. The summed E-state index contributed by atoms with van der Waals surface area (Å²) < 4.78 is 24.2. The average Bonchev–Trinajstić information content (AvgIpc) is 3.35. The lowest BCUT2D eigenvalue weighted by molar-refractivity contribution is -0.386. The molecule has 244 valence electrons. The Bertz CT molecular complexity index is 2100. The van der Waals surface area contributed by atoms with Crippen molar-refractivity contribution >= 4 is 68.2 Å². The fraction of sp³-hybridized carbons (Fsp3) is 0.219. The molecule has 0 bridgehead atoms. The quantitative estimate of drug-likeness (QED) is 0.0979. The Morgan fingerprint density at radius 1 is 1.09 bits per heavy atom. The van der Waals surface area contributed by atoms with Crippen molar-refractivity contribution in [2.24, 2.45) is 4.99 Å². The maximum atomic E-state index is 14.0. The summed E-state index contributed by atoms with van der Waals surface area (Å²) in [5, 5.41) is 12.9. The molecule has 0 amide bonds. The number of nitro groups is 1. The van der Waals surface area contributed by atoms with Crippen molar-refractivity contribution in [2.45, 2.75) is 26.5 Å². The van der Waals surface area contributed by atoms with Crippen LogP contribution >= 0.6 is 50.5 Å². The smallest absolute Gasteiger partial charge is 0.337 e. The molecule has 0 spiro atoms. The highest BCUT2D eigenvalue weighted by Crippen LogP contribution is 2.38. The van der Waals surface area contributed by atoms with E-state index < -0.39 is 22.5 Å². The highest BCUT2D eigenvalue weighted by molar-refractivity contribution is 9.10. The first-order valence-electron chi connectivity index (χ1n) is 14.1. The van der Waals surface area contributed by atoms with E-state index in [1.54, 1.807) is 42.5 Å². The highest BCUT2D eigenvalue weighted by Gasteiger charge is 2.31.